The molecule has 0 unspecified atom stereocenters. The highest BCUT2D eigenvalue weighted by Crippen LogP contribution is 2.18. The molecule has 0 amide bonds. The summed E-state index contributed by atoms with van der Waals surface area (Å²) in [5, 5.41) is 6.09. The molecule has 0 spiro atoms. The van der Waals surface area contributed by atoms with Crippen molar-refractivity contribution in [3.05, 3.63) is 21.3 Å². The van der Waals surface area contributed by atoms with E-state index in [1.165, 1.54) is 4.88 Å². The van der Waals surface area contributed by atoms with Crippen LogP contribution in [0.15, 0.2) is 11.4 Å². The van der Waals surface area contributed by atoms with Gasteiger partial charge in [0.2, 0.25) is 0 Å². The van der Waals surface area contributed by atoms with Crippen molar-refractivity contribution < 1.29 is 4.74 Å². The van der Waals surface area contributed by atoms with Crippen LogP contribution in [0.4, 0.5) is 0 Å². The van der Waals surface area contributed by atoms with Gasteiger partial charge in [-0.25, -0.2) is 0 Å². The SMILES string of the molecule is CC(C)COCCNCc1cc(Cl)cs1. The van der Waals surface area contributed by atoms with Gasteiger partial charge in [-0.1, -0.05) is 25.4 Å². The van der Waals surface area contributed by atoms with Crippen molar-refractivity contribution in [2.45, 2.75) is 20.4 Å². The Bertz CT molecular complexity index is 275. The van der Waals surface area contributed by atoms with Gasteiger partial charge in [-0.15, -0.1) is 11.3 Å². The van der Waals surface area contributed by atoms with E-state index in [9.17, 15) is 0 Å². The Kier molecular flexibility index (Phi) is 6.25. The Labute approximate surface area is 101 Å². The molecule has 86 valence electrons. The third kappa shape index (κ3) is 6.15. The number of thiophene rings is 1. The second-order valence-electron chi connectivity index (χ2n) is 3.88. The third-order valence-electron chi connectivity index (χ3n) is 1.80. The maximum atomic E-state index is 5.82. The number of hydrogen-bond acceptors (Lipinski definition) is 3. The normalized spacial score (nSPS) is 11.2. The summed E-state index contributed by atoms with van der Waals surface area (Å²) in [6.45, 7) is 7.69. The van der Waals surface area contributed by atoms with Gasteiger partial charge in [-0.05, 0) is 12.0 Å². The molecule has 0 saturated carbocycles. The predicted octanol–water partition coefficient (Wildman–Crippen LogP) is 3.16. The lowest BCUT2D eigenvalue weighted by Gasteiger charge is -2.07. The van der Waals surface area contributed by atoms with Crippen LogP contribution < -0.4 is 5.32 Å². The molecular weight excluding hydrogens is 230 g/mol. The van der Waals surface area contributed by atoms with E-state index in [2.05, 4.69) is 19.2 Å². The van der Waals surface area contributed by atoms with E-state index in [0.29, 0.717) is 5.92 Å². The van der Waals surface area contributed by atoms with Crippen molar-refractivity contribution in [3.63, 3.8) is 0 Å². The fourth-order valence-corrected chi connectivity index (χ4v) is 2.16. The van der Waals surface area contributed by atoms with Gasteiger partial charge in [-0.3, -0.25) is 0 Å². The molecule has 1 rings (SSSR count). The van der Waals surface area contributed by atoms with Crippen LogP contribution >= 0.6 is 22.9 Å². The molecule has 0 aliphatic heterocycles. The lowest BCUT2D eigenvalue weighted by atomic mass is 10.2. The number of hydrogen-bond donors (Lipinski definition) is 1. The monoisotopic (exact) mass is 247 g/mol. The molecule has 1 aromatic heterocycles. The van der Waals surface area contributed by atoms with Crippen LogP contribution in [-0.4, -0.2) is 19.8 Å². The Balaban J connectivity index is 1.98. The largest absolute Gasteiger partial charge is 0.380 e. The van der Waals surface area contributed by atoms with E-state index in [1.807, 2.05) is 11.4 Å². The van der Waals surface area contributed by atoms with Crippen LogP contribution in [-0.2, 0) is 11.3 Å². The van der Waals surface area contributed by atoms with Gasteiger partial charge in [0.15, 0.2) is 0 Å². The lowest BCUT2D eigenvalue weighted by Crippen LogP contribution is -2.19. The molecule has 4 heteroatoms. The van der Waals surface area contributed by atoms with E-state index in [1.54, 1.807) is 11.3 Å². The predicted molar refractivity (Wildman–Crippen MR) is 66.7 cm³/mol. The average Bonchev–Trinajstić information content (AvgIpc) is 2.57. The lowest BCUT2D eigenvalue weighted by molar-refractivity contribution is 0.111. The molecule has 0 saturated heterocycles. The minimum Gasteiger partial charge on any atom is -0.380 e. The maximum absolute atomic E-state index is 5.82. The van der Waals surface area contributed by atoms with E-state index < -0.39 is 0 Å². The molecule has 1 aromatic rings. The summed E-state index contributed by atoms with van der Waals surface area (Å²) in [7, 11) is 0. The van der Waals surface area contributed by atoms with E-state index >= 15 is 0 Å². The topological polar surface area (TPSA) is 21.3 Å². The van der Waals surface area contributed by atoms with E-state index in [0.717, 1.165) is 31.3 Å². The van der Waals surface area contributed by atoms with Gasteiger partial charge in [0.05, 0.1) is 11.6 Å². The molecule has 1 heterocycles. The highest BCUT2D eigenvalue weighted by Gasteiger charge is 1.97. The highest BCUT2D eigenvalue weighted by atomic mass is 35.5. The first kappa shape index (κ1) is 13.0. The van der Waals surface area contributed by atoms with Crippen LogP contribution in [0.2, 0.25) is 5.02 Å². The zero-order valence-electron chi connectivity index (χ0n) is 9.25. The van der Waals surface area contributed by atoms with E-state index in [4.69, 9.17) is 16.3 Å². The average molecular weight is 248 g/mol. The van der Waals surface area contributed by atoms with Crippen molar-refractivity contribution >= 4 is 22.9 Å². The number of rotatable bonds is 7. The van der Waals surface area contributed by atoms with Crippen molar-refractivity contribution in [3.8, 4) is 0 Å². The zero-order chi connectivity index (χ0) is 11.1. The molecule has 0 fully saturated rings. The van der Waals surface area contributed by atoms with Crippen molar-refractivity contribution in [2.75, 3.05) is 19.8 Å². The minimum atomic E-state index is 0.612. The molecule has 0 bridgehead atoms. The summed E-state index contributed by atoms with van der Waals surface area (Å²) in [6.07, 6.45) is 0. The van der Waals surface area contributed by atoms with Crippen molar-refractivity contribution in [1.29, 1.82) is 0 Å². The fourth-order valence-electron chi connectivity index (χ4n) is 1.12. The van der Waals surface area contributed by atoms with E-state index in [-0.39, 0.29) is 0 Å². The molecule has 0 aliphatic carbocycles. The van der Waals surface area contributed by atoms with Gasteiger partial charge < -0.3 is 10.1 Å². The highest BCUT2D eigenvalue weighted by molar-refractivity contribution is 7.10. The fraction of sp³-hybridized carbons (Fsp3) is 0.636. The Morgan fingerprint density at radius 3 is 2.93 bits per heavy atom. The summed E-state index contributed by atoms with van der Waals surface area (Å²) >= 11 is 7.50. The van der Waals surface area contributed by atoms with Crippen molar-refractivity contribution in [2.24, 2.45) is 5.92 Å². The third-order valence-corrected chi connectivity index (χ3v) is 3.08. The summed E-state index contributed by atoms with van der Waals surface area (Å²) in [5.74, 6) is 0.612. The quantitative estimate of drug-likeness (QED) is 0.748. The standard InChI is InChI=1S/C11H18ClNOS/c1-9(2)7-14-4-3-13-6-11-5-10(12)8-15-11/h5,8-9,13H,3-4,6-7H2,1-2H3. The molecule has 0 aromatic carbocycles. The number of ether oxygens (including phenoxy) is 1. The Hall–Kier alpha value is -0.0900. The first-order chi connectivity index (χ1) is 7.18. The van der Waals surface area contributed by atoms with Gasteiger partial charge in [0.25, 0.3) is 0 Å². The summed E-state index contributed by atoms with van der Waals surface area (Å²) in [4.78, 5) is 1.27. The Morgan fingerprint density at radius 1 is 1.53 bits per heavy atom. The second kappa shape index (κ2) is 7.23. The van der Waals surface area contributed by atoms with Gasteiger partial charge >= 0.3 is 0 Å². The Morgan fingerprint density at radius 2 is 2.33 bits per heavy atom. The molecule has 0 radical (unpaired) electrons. The van der Waals surface area contributed by atoms with Crippen LogP contribution in [0, 0.1) is 5.92 Å². The van der Waals surface area contributed by atoms with Gasteiger partial charge in [0, 0.05) is 30.0 Å². The second-order valence-corrected chi connectivity index (χ2v) is 5.31. The molecule has 2 nitrogen and oxygen atoms in total. The van der Waals surface area contributed by atoms with Crippen LogP contribution in [0.5, 0.6) is 0 Å². The number of nitrogens with one attached hydrogen (secondary N) is 1. The minimum absolute atomic E-state index is 0.612. The molecule has 0 aliphatic rings. The number of halogens is 1. The van der Waals surface area contributed by atoms with Crippen LogP contribution in [0.1, 0.15) is 18.7 Å². The molecular formula is C11H18ClNOS. The zero-order valence-corrected chi connectivity index (χ0v) is 10.8. The van der Waals surface area contributed by atoms with Crippen LogP contribution in [0.3, 0.4) is 0 Å². The summed E-state index contributed by atoms with van der Waals surface area (Å²) in [5.41, 5.74) is 0. The van der Waals surface area contributed by atoms with Crippen molar-refractivity contribution in [1.82, 2.24) is 5.32 Å². The maximum Gasteiger partial charge on any atom is 0.0591 e. The molecule has 15 heavy (non-hydrogen) atoms. The summed E-state index contributed by atoms with van der Waals surface area (Å²) in [6, 6.07) is 1.99. The smallest absolute Gasteiger partial charge is 0.0591 e. The van der Waals surface area contributed by atoms with Crippen LogP contribution in [0.25, 0.3) is 0 Å². The molecule has 1 N–H and O–H groups in total. The first-order valence-electron chi connectivity index (χ1n) is 5.20. The van der Waals surface area contributed by atoms with Gasteiger partial charge in [0.1, 0.15) is 0 Å². The molecule has 0 atom stereocenters. The summed E-state index contributed by atoms with van der Waals surface area (Å²) < 4.78 is 5.45. The first-order valence-corrected chi connectivity index (χ1v) is 6.45. The van der Waals surface area contributed by atoms with Gasteiger partial charge in [-0.2, -0.15) is 0 Å².